The van der Waals surface area contributed by atoms with Gasteiger partial charge in [-0.1, -0.05) is 0 Å². The fourth-order valence-electron chi connectivity index (χ4n) is 4.10. The maximum Gasteiger partial charge on any atom is 0.242 e. The van der Waals surface area contributed by atoms with Crippen molar-refractivity contribution < 1.29 is 9.53 Å². The molecule has 2 atom stereocenters. The average Bonchev–Trinajstić information content (AvgIpc) is 3.33. The Kier molecular flexibility index (Phi) is 4.59. The summed E-state index contributed by atoms with van der Waals surface area (Å²) in [6.07, 6.45) is 5.10. The van der Waals surface area contributed by atoms with Crippen molar-refractivity contribution in [3.8, 4) is 5.75 Å². The summed E-state index contributed by atoms with van der Waals surface area (Å²) in [6, 6.07) is 6.30. The Morgan fingerprint density at radius 2 is 2.22 bits per heavy atom. The number of benzene rings is 1. The lowest BCUT2D eigenvalue weighted by atomic mass is 9.97. The fraction of sp³-hybridized carbons (Fsp3) is 0.450. The molecule has 2 heterocycles. The van der Waals surface area contributed by atoms with E-state index in [1.165, 1.54) is 10.9 Å². The Bertz CT molecular complexity index is 974. The van der Waals surface area contributed by atoms with Crippen molar-refractivity contribution in [1.29, 1.82) is 0 Å². The van der Waals surface area contributed by atoms with E-state index in [0.717, 1.165) is 36.4 Å². The number of aryl methyl sites for hydroxylation is 2. The van der Waals surface area contributed by atoms with Crippen LogP contribution in [0.3, 0.4) is 0 Å². The molecule has 7 heteroatoms. The molecule has 0 unspecified atom stereocenters. The first-order valence-corrected chi connectivity index (χ1v) is 9.36. The highest BCUT2D eigenvalue weighted by molar-refractivity contribution is 5.85. The molecule has 0 aliphatic heterocycles. The molecule has 27 heavy (non-hydrogen) atoms. The number of rotatable bonds is 5. The average molecular weight is 367 g/mol. The maximum atomic E-state index is 12.4. The summed E-state index contributed by atoms with van der Waals surface area (Å²) in [5.74, 6) is 2.75. The van der Waals surface area contributed by atoms with Gasteiger partial charge in [0.25, 0.3) is 0 Å². The quantitative estimate of drug-likeness (QED) is 0.726. The van der Waals surface area contributed by atoms with Crippen molar-refractivity contribution in [2.45, 2.75) is 51.6 Å². The number of H-pyrrole nitrogens is 1. The van der Waals surface area contributed by atoms with Gasteiger partial charge in [-0.3, -0.25) is 4.79 Å². The van der Waals surface area contributed by atoms with Gasteiger partial charge in [0, 0.05) is 23.1 Å². The molecule has 1 aliphatic rings. The number of amides is 1. The van der Waals surface area contributed by atoms with Crippen molar-refractivity contribution in [3.05, 3.63) is 41.6 Å². The zero-order valence-corrected chi connectivity index (χ0v) is 16.0. The molecule has 7 nitrogen and oxygen atoms in total. The minimum Gasteiger partial charge on any atom is -0.497 e. The van der Waals surface area contributed by atoms with Gasteiger partial charge in [-0.25, -0.2) is 9.67 Å². The second-order valence-electron chi connectivity index (χ2n) is 7.29. The number of methoxy groups -OCH3 is 1. The van der Waals surface area contributed by atoms with E-state index >= 15 is 0 Å². The maximum absolute atomic E-state index is 12.4. The molecule has 0 radical (unpaired) electrons. The van der Waals surface area contributed by atoms with E-state index in [1.54, 1.807) is 11.8 Å². The number of aromatic nitrogens is 4. The standard InChI is InChI=1S/C20H25N5O2/c1-12-22-13(2)25(24-12)11-20(26)23-15-5-4-14(8-15)18-10-21-19-7-6-16(27-3)9-17(18)19/h6-7,9-10,14-15,21H,4-5,8,11H2,1-3H3,(H,23,26)/t14-,15+/m0/s1. The number of fused-ring (bicyclic) bond motifs is 1. The van der Waals surface area contributed by atoms with Crippen molar-refractivity contribution in [1.82, 2.24) is 25.1 Å². The Hall–Kier alpha value is -2.83. The van der Waals surface area contributed by atoms with Gasteiger partial charge >= 0.3 is 0 Å². The third-order valence-electron chi connectivity index (χ3n) is 5.41. The molecule has 142 valence electrons. The first-order chi connectivity index (χ1) is 13.0. The summed E-state index contributed by atoms with van der Waals surface area (Å²) < 4.78 is 7.02. The van der Waals surface area contributed by atoms with Crippen LogP contribution in [0.5, 0.6) is 5.75 Å². The van der Waals surface area contributed by atoms with Gasteiger partial charge < -0.3 is 15.0 Å². The summed E-state index contributed by atoms with van der Waals surface area (Å²) in [7, 11) is 1.69. The lowest BCUT2D eigenvalue weighted by molar-refractivity contribution is -0.122. The number of carbonyl (C=O) groups is 1. The number of nitrogens with zero attached hydrogens (tertiary/aromatic N) is 3. The highest BCUT2D eigenvalue weighted by Crippen LogP contribution is 2.38. The molecule has 2 aromatic heterocycles. The highest BCUT2D eigenvalue weighted by atomic mass is 16.5. The van der Waals surface area contributed by atoms with Crippen LogP contribution in [0.1, 0.15) is 42.4 Å². The van der Waals surface area contributed by atoms with Gasteiger partial charge in [0.15, 0.2) is 0 Å². The van der Waals surface area contributed by atoms with Gasteiger partial charge in [0.1, 0.15) is 23.9 Å². The topological polar surface area (TPSA) is 84.8 Å². The smallest absolute Gasteiger partial charge is 0.242 e. The van der Waals surface area contributed by atoms with E-state index in [9.17, 15) is 4.79 Å². The zero-order valence-electron chi connectivity index (χ0n) is 16.0. The van der Waals surface area contributed by atoms with E-state index in [4.69, 9.17) is 4.74 Å². The number of aromatic amines is 1. The summed E-state index contributed by atoms with van der Waals surface area (Å²) in [6.45, 7) is 3.92. The Balaban J connectivity index is 1.41. The molecule has 1 aliphatic carbocycles. The van der Waals surface area contributed by atoms with Crippen LogP contribution in [0, 0.1) is 13.8 Å². The Morgan fingerprint density at radius 3 is 2.96 bits per heavy atom. The Morgan fingerprint density at radius 1 is 1.37 bits per heavy atom. The number of hydrogen-bond donors (Lipinski definition) is 2. The van der Waals surface area contributed by atoms with Crippen molar-refractivity contribution in [2.75, 3.05) is 7.11 Å². The van der Waals surface area contributed by atoms with Crippen LogP contribution in [-0.4, -0.2) is 38.8 Å². The van der Waals surface area contributed by atoms with Gasteiger partial charge in [0.2, 0.25) is 5.91 Å². The molecule has 2 N–H and O–H groups in total. The van der Waals surface area contributed by atoms with Gasteiger partial charge in [-0.2, -0.15) is 5.10 Å². The first-order valence-electron chi connectivity index (χ1n) is 9.36. The number of carbonyl (C=O) groups excluding carboxylic acids is 1. The largest absolute Gasteiger partial charge is 0.497 e. The third-order valence-corrected chi connectivity index (χ3v) is 5.41. The molecular formula is C20H25N5O2. The van der Waals surface area contributed by atoms with Gasteiger partial charge in [-0.15, -0.1) is 0 Å². The van der Waals surface area contributed by atoms with Crippen LogP contribution < -0.4 is 10.1 Å². The molecule has 1 amide bonds. The molecule has 1 aromatic carbocycles. The molecular weight excluding hydrogens is 342 g/mol. The monoisotopic (exact) mass is 367 g/mol. The second kappa shape index (κ2) is 7.06. The van der Waals surface area contributed by atoms with Crippen LogP contribution >= 0.6 is 0 Å². The molecule has 4 rings (SSSR count). The molecule has 0 spiro atoms. The van der Waals surface area contributed by atoms with E-state index in [-0.39, 0.29) is 18.5 Å². The van der Waals surface area contributed by atoms with Crippen LogP contribution in [0.4, 0.5) is 0 Å². The minimum atomic E-state index is -0.00533. The number of ether oxygens (including phenoxy) is 1. The summed E-state index contributed by atoms with van der Waals surface area (Å²) in [5.41, 5.74) is 2.43. The lowest BCUT2D eigenvalue weighted by Gasteiger charge is -2.14. The predicted octanol–water partition coefficient (Wildman–Crippen LogP) is 2.84. The summed E-state index contributed by atoms with van der Waals surface area (Å²) >= 11 is 0. The van der Waals surface area contributed by atoms with Crippen LogP contribution in [0.25, 0.3) is 10.9 Å². The second-order valence-corrected chi connectivity index (χ2v) is 7.29. The zero-order chi connectivity index (χ0) is 19.0. The van der Waals surface area contributed by atoms with E-state index in [2.05, 4.69) is 32.6 Å². The van der Waals surface area contributed by atoms with Crippen LogP contribution in [0.2, 0.25) is 0 Å². The van der Waals surface area contributed by atoms with Crippen LogP contribution in [0.15, 0.2) is 24.4 Å². The van der Waals surface area contributed by atoms with Gasteiger partial charge in [-0.05, 0) is 62.8 Å². The Labute approximate surface area is 158 Å². The normalized spacial score (nSPS) is 19.5. The predicted molar refractivity (Wildman–Crippen MR) is 103 cm³/mol. The lowest BCUT2D eigenvalue weighted by Crippen LogP contribution is -2.35. The fourth-order valence-corrected chi connectivity index (χ4v) is 4.10. The van der Waals surface area contributed by atoms with Crippen molar-refractivity contribution in [3.63, 3.8) is 0 Å². The first kappa shape index (κ1) is 17.6. The summed E-state index contributed by atoms with van der Waals surface area (Å²) in [5, 5.41) is 8.63. The summed E-state index contributed by atoms with van der Waals surface area (Å²) in [4.78, 5) is 20.0. The van der Waals surface area contributed by atoms with E-state index in [1.807, 2.05) is 26.0 Å². The third kappa shape index (κ3) is 3.54. The number of nitrogens with one attached hydrogen (secondary N) is 2. The molecule has 1 fully saturated rings. The number of hydrogen-bond acceptors (Lipinski definition) is 4. The van der Waals surface area contributed by atoms with Crippen LogP contribution in [-0.2, 0) is 11.3 Å². The molecule has 0 bridgehead atoms. The highest BCUT2D eigenvalue weighted by Gasteiger charge is 2.28. The van der Waals surface area contributed by atoms with Crippen molar-refractivity contribution in [2.24, 2.45) is 0 Å². The molecule has 3 aromatic rings. The van der Waals surface area contributed by atoms with E-state index in [0.29, 0.717) is 11.7 Å². The molecule has 0 saturated heterocycles. The van der Waals surface area contributed by atoms with Crippen molar-refractivity contribution >= 4 is 16.8 Å². The van der Waals surface area contributed by atoms with E-state index < -0.39 is 0 Å². The SMILES string of the molecule is COc1ccc2[nH]cc([C@H]3CC[C@@H](NC(=O)Cn4nc(C)nc4C)C3)c2c1. The van der Waals surface area contributed by atoms with Gasteiger partial charge in [0.05, 0.1) is 7.11 Å². The minimum absolute atomic E-state index is 0.00533. The molecule has 1 saturated carbocycles.